The van der Waals surface area contributed by atoms with Crippen LogP contribution in [0.5, 0.6) is 5.75 Å². The number of anilines is 1. The molecule has 110 valence electrons. The van der Waals surface area contributed by atoms with E-state index in [-0.39, 0.29) is 17.2 Å². The molecule has 0 aliphatic heterocycles. The van der Waals surface area contributed by atoms with E-state index in [0.717, 1.165) is 6.07 Å². The Morgan fingerprint density at radius 1 is 1.14 bits per heavy atom. The van der Waals surface area contributed by atoms with Crippen molar-refractivity contribution in [2.75, 3.05) is 12.4 Å². The number of ether oxygens (including phenoxy) is 1. The van der Waals surface area contributed by atoms with Crippen molar-refractivity contribution in [3.8, 4) is 5.75 Å². The molecule has 0 atom stereocenters. The van der Waals surface area contributed by atoms with Crippen molar-refractivity contribution in [3.05, 3.63) is 59.4 Å². The van der Waals surface area contributed by atoms with Gasteiger partial charge in [-0.15, -0.1) is 0 Å². The summed E-state index contributed by atoms with van der Waals surface area (Å²) >= 11 is 0. The fourth-order valence-corrected chi connectivity index (χ4v) is 1.96. The number of carbonyl (C=O) groups is 1. The summed E-state index contributed by atoms with van der Waals surface area (Å²) in [6, 6.07) is 11.7. The molecule has 2 aromatic rings. The SMILES string of the molecule is COc1ccc(C(=O)Nc2ccc(C(C)C)cc2)cc1F. The summed E-state index contributed by atoms with van der Waals surface area (Å²) in [5.41, 5.74) is 2.13. The molecule has 0 saturated carbocycles. The van der Waals surface area contributed by atoms with Gasteiger partial charge in [0.2, 0.25) is 0 Å². The molecule has 1 amide bonds. The molecule has 0 unspecified atom stereocenters. The number of rotatable bonds is 4. The van der Waals surface area contributed by atoms with Gasteiger partial charge in [0.25, 0.3) is 5.91 Å². The van der Waals surface area contributed by atoms with Crippen molar-refractivity contribution in [2.45, 2.75) is 19.8 Å². The fraction of sp³-hybridized carbons (Fsp3) is 0.235. The monoisotopic (exact) mass is 287 g/mol. The first-order valence-electron chi connectivity index (χ1n) is 6.76. The Labute approximate surface area is 123 Å². The molecular weight excluding hydrogens is 269 g/mol. The van der Waals surface area contributed by atoms with E-state index in [0.29, 0.717) is 11.6 Å². The molecular formula is C17H18FNO2. The highest BCUT2D eigenvalue weighted by Gasteiger charge is 2.10. The second-order valence-electron chi connectivity index (χ2n) is 5.08. The van der Waals surface area contributed by atoms with E-state index in [1.807, 2.05) is 24.3 Å². The van der Waals surface area contributed by atoms with Crippen LogP contribution in [0.3, 0.4) is 0 Å². The number of hydrogen-bond acceptors (Lipinski definition) is 2. The Morgan fingerprint density at radius 2 is 1.81 bits per heavy atom. The summed E-state index contributed by atoms with van der Waals surface area (Å²) in [6.07, 6.45) is 0. The van der Waals surface area contributed by atoms with Crippen LogP contribution in [0.15, 0.2) is 42.5 Å². The molecule has 0 saturated heterocycles. The normalized spacial score (nSPS) is 10.5. The van der Waals surface area contributed by atoms with Gasteiger partial charge in [0.15, 0.2) is 11.6 Å². The van der Waals surface area contributed by atoms with Crippen LogP contribution in [0.4, 0.5) is 10.1 Å². The average molecular weight is 287 g/mol. The van der Waals surface area contributed by atoms with E-state index < -0.39 is 5.82 Å². The van der Waals surface area contributed by atoms with Crippen molar-refractivity contribution in [1.29, 1.82) is 0 Å². The average Bonchev–Trinajstić information content (AvgIpc) is 2.47. The first-order chi connectivity index (χ1) is 10.0. The molecule has 21 heavy (non-hydrogen) atoms. The van der Waals surface area contributed by atoms with Crippen LogP contribution < -0.4 is 10.1 Å². The minimum atomic E-state index is -0.555. The van der Waals surface area contributed by atoms with Gasteiger partial charge < -0.3 is 10.1 Å². The van der Waals surface area contributed by atoms with E-state index in [4.69, 9.17) is 4.74 Å². The first kappa shape index (κ1) is 15.0. The van der Waals surface area contributed by atoms with Crippen molar-refractivity contribution in [1.82, 2.24) is 0 Å². The summed E-state index contributed by atoms with van der Waals surface area (Å²) < 4.78 is 18.4. The minimum absolute atomic E-state index is 0.118. The highest BCUT2D eigenvalue weighted by atomic mass is 19.1. The lowest BCUT2D eigenvalue weighted by molar-refractivity contribution is 0.102. The standard InChI is InChI=1S/C17H18FNO2/c1-11(2)12-4-7-14(8-5-12)19-17(20)13-6-9-16(21-3)15(18)10-13/h4-11H,1-3H3,(H,19,20). The van der Waals surface area contributed by atoms with Crippen molar-refractivity contribution in [3.63, 3.8) is 0 Å². The number of hydrogen-bond donors (Lipinski definition) is 1. The quantitative estimate of drug-likeness (QED) is 0.914. The van der Waals surface area contributed by atoms with Crippen LogP contribution in [0, 0.1) is 5.82 Å². The Bertz CT molecular complexity index is 636. The van der Waals surface area contributed by atoms with Gasteiger partial charge >= 0.3 is 0 Å². The Kier molecular flexibility index (Phi) is 4.58. The molecule has 0 spiro atoms. The summed E-state index contributed by atoms with van der Waals surface area (Å²) in [4.78, 5) is 12.1. The van der Waals surface area contributed by atoms with Crippen LogP contribution in [-0.2, 0) is 0 Å². The summed E-state index contributed by atoms with van der Waals surface area (Å²) in [5.74, 6) is -0.354. The predicted molar refractivity (Wildman–Crippen MR) is 81.4 cm³/mol. The molecule has 0 aromatic heterocycles. The van der Waals surface area contributed by atoms with Crippen LogP contribution in [0.1, 0.15) is 35.7 Å². The molecule has 0 fully saturated rings. The third kappa shape index (κ3) is 3.60. The summed E-state index contributed by atoms with van der Waals surface area (Å²) in [5, 5.41) is 2.74. The van der Waals surface area contributed by atoms with E-state index >= 15 is 0 Å². The molecule has 0 heterocycles. The van der Waals surface area contributed by atoms with Gasteiger partial charge in [0.1, 0.15) is 0 Å². The maximum absolute atomic E-state index is 13.6. The molecule has 0 aliphatic carbocycles. The van der Waals surface area contributed by atoms with Gasteiger partial charge in [-0.2, -0.15) is 0 Å². The Hall–Kier alpha value is -2.36. The predicted octanol–water partition coefficient (Wildman–Crippen LogP) is 4.21. The third-order valence-electron chi connectivity index (χ3n) is 3.25. The van der Waals surface area contributed by atoms with Gasteiger partial charge in [0, 0.05) is 11.3 Å². The van der Waals surface area contributed by atoms with Gasteiger partial charge in [-0.1, -0.05) is 26.0 Å². The molecule has 2 rings (SSSR count). The number of methoxy groups -OCH3 is 1. The first-order valence-corrected chi connectivity index (χ1v) is 6.76. The number of nitrogens with one attached hydrogen (secondary N) is 1. The third-order valence-corrected chi connectivity index (χ3v) is 3.25. The van der Waals surface area contributed by atoms with Crippen LogP contribution >= 0.6 is 0 Å². The maximum Gasteiger partial charge on any atom is 0.255 e. The molecule has 3 nitrogen and oxygen atoms in total. The van der Waals surface area contributed by atoms with Gasteiger partial charge in [0.05, 0.1) is 7.11 Å². The lowest BCUT2D eigenvalue weighted by Crippen LogP contribution is -2.12. The zero-order valence-corrected chi connectivity index (χ0v) is 12.3. The molecule has 2 aromatic carbocycles. The lowest BCUT2D eigenvalue weighted by atomic mass is 10.0. The zero-order chi connectivity index (χ0) is 15.4. The molecule has 1 N–H and O–H groups in total. The smallest absolute Gasteiger partial charge is 0.255 e. The molecule has 0 aliphatic rings. The van der Waals surface area contributed by atoms with Gasteiger partial charge in [-0.25, -0.2) is 4.39 Å². The van der Waals surface area contributed by atoms with Crippen LogP contribution in [-0.4, -0.2) is 13.0 Å². The van der Waals surface area contributed by atoms with Crippen molar-refractivity contribution < 1.29 is 13.9 Å². The second kappa shape index (κ2) is 6.39. The van der Waals surface area contributed by atoms with Gasteiger partial charge in [-0.3, -0.25) is 4.79 Å². The summed E-state index contributed by atoms with van der Waals surface area (Å²) in [6.45, 7) is 4.21. The largest absolute Gasteiger partial charge is 0.494 e. The van der Waals surface area contributed by atoms with E-state index in [1.165, 1.54) is 24.8 Å². The van der Waals surface area contributed by atoms with E-state index in [2.05, 4.69) is 19.2 Å². The molecule has 0 bridgehead atoms. The lowest BCUT2D eigenvalue weighted by Gasteiger charge is -2.09. The van der Waals surface area contributed by atoms with Crippen molar-refractivity contribution >= 4 is 11.6 Å². The minimum Gasteiger partial charge on any atom is -0.494 e. The topological polar surface area (TPSA) is 38.3 Å². The van der Waals surface area contributed by atoms with Crippen molar-refractivity contribution in [2.24, 2.45) is 0 Å². The number of carbonyl (C=O) groups excluding carboxylic acids is 1. The van der Waals surface area contributed by atoms with Crippen LogP contribution in [0.25, 0.3) is 0 Å². The Morgan fingerprint density at radius 3 is 2.33 bits per heavy atom. The van der Waals surface area contributed by atoms with E-state index in [1.54, 1.807) is 0 Å². The maximum atomic E-state index is 13.6. The van der Waals surface area contributed by atoms with E-state index in [9.17, 15) is 9.18 Å². The summed E-state index contributed by atoms with van der Waals surface area (Å²) in [7, 11) is 1.38. The fourth-order valence-electron chi connectivity index (χ4n) is 1.96. The number of halogens is 1. The highest BCUT2D eigenvalue weighted by molar-refractivity contribution is 6.04. The molecule has 4 heteroatoms. The number of benzene rings is 2. The second-order valence-corrected chi connectivity index (χ2v) is 5.08. The van der Waals surface area contributed by atoms with Crippen LogP contribution in [0.2, 0.25) is 0 Å². The number of amides is 1. The van der Waals surface area contributed by atoms with Gasteiger partial charge in [-0.05, 0) is 41.8 Å². The molecule has 0 radical (unpaired) electrons. The zero-order valence-electron chi connectivity index (χ0n) is 12.3. The highest BCUT2D eigenvalue weighted by Crippen LogP contribution is 2.20. The Balaban J connectivity index is 2.12.